The van der Waals surface area contributed by atoms with Gasteiger partial charge in [-0.05, 0) is 44.2 Å². The second-order valence-electron chi connectivity index (χ2n) is 6.98. The average molecular weight is 367 g/mol. The van der Waals surface area contributed by atoms with E-state index >= 15 is 0 Å². The first-order valence-corrected chi connectivity index (χ1v) is 8.85. The normalized spacial score (nSPS) is 20.1. The highest BCUT2D eigenvalue weighted by molar-refractivity contribution is 5.83. The fourth-order valence-electron chi connectivity index (χ4n) is 3.57. The Kier molecular flexibility index (Phi) is 4.19. The third-order valence-corrected chi connectivity index (χ3v) is 4.75. The number of morpholine rings is 1. The van der Waals surface area contributed by atoms with Crippen molar-refractivity contribution in [3.8, 4) is 11.4 Å². The summed E-state index contributed by atoms with van der Waals surface area (Å²) < 4.78 is 5.80. The van der Waals surface area contributed by atoms with E-state index in [1.54, 1.807) is 6.07 Å². The van der Waals surface area contributed by atoms with Gasteiger partial charge < -0.3 is 20.4 Å². The third kappa shape index (κ3) is 3.31. The second-order valence-corrected chi connectivity index (χ2v) is 6.98. The monoisotopic (exact) mass is 367 g/mol. The molecule has 3 aromatic rings. The fourth-order valence-corrected chi connectivity index (χ4v) is 3.57. The molecule has 1 saturated heterocycles. The van der Waals surface area contributed by atoms with Gasteiger partial charge in [0.25, 0.3) is 5.69 Å². The SMILES string of the molecule is C[C@@H]1CN(c2ccc3[nH]c(-c4ccc(N)c([N+](=O)[O-])c4)nc3c2)C[C@H](C)O1. The maximum absolute atomic E-state index is 11.1. The van der Waals surface area contributed by atoms with Gasteiger partial charge in [-0.1, -0.05) is 0 Å². The number of nitrogens with two attached hydrogens (primary N) is 1. The molecule has 1 aliphatic rings. The van der Waals surface area contributed by atoms with Crippen LogP contribution in [0.25, 0.3) is 22.4 Å². The van der Waals surface area contributed by atoms with E-state index in [9.17, 15) is 10.1 Å². The molecule has 0 saturated carbocycles. The van der Waals surface area contributed by atoms with Gasteiger partial charge in [0.05, 0.1) is 28.2 Å². The van der Waals surface area contributed by atoms with Crippen LogP contribution in [-0.2, 0) is 4.74 Å². The molecule has 2 atom stereocenters. The third-order valence-electron chi connectivity index (χ3n) is 4.75. The van der Waals surface area contributed by atoms with E-state index in [4.69, 9.17) is 10.5 Å². The molecule has 0 bridgehead atoms. The molecular weight excluding hydrogens is 346 g/mol. The lowest BCUT2D eigenvalue weighted by Gasteiger charge is -2.36. The van der Waals surface area contributed by atoms with Crippen LogP contribution in [0, 0.1) is 10.1 Å². The van der Waals surface area contributed by atoms with Crippen molar-refractivity contribution in [2.75, 3.05) is 23.7 Å². The summed E-state index contributed by atoms with van der Waals surface area (Å²) >= 11 is 0. The Balaban J connectivity index is 1.69. The maximum Gasteiger partial charge on any atom is 0.292 e. The van der Waals surface area contributed by atoms with Crippen LogP contribution in [-0.4, -0.2) is 40.2 Å². The Morgan fingerprint density at radius 1 is 1.22 bits per heavy atom. The summed E-state index contributed by atoms with van der Waals surface area (Å²) in [5, 5.41) is 11.1. The molecule has 1 fully saturated rings. The highest BCUT2D eigenvalue weighted by Crippen LogP contribution is 2.30. The number of hydrogen-bond donors (Lipinski definition) is 2. The molecular formula is C19H21N5O3. The summed E-state index contributed by atoms with van der Waals surface area (Å²) in [5.74, 6) is 0.578. The summed E-state index contributed by atoms with van der Waals surface area (Å²) in [5.41, 5.74) is 9.10. The van der Waals surface area contributed by atoms with Gasteiger partial charge in [0.1, 0.15) is 11.5 Å². The highest BCUT2D eigenvalue weighted by atomic mass is 16.6. The summed E-state index contributed by atoms with van der Waals surface area (Å²) in [6, 6.07) is 10.8. The number of nitro benzene ring substituents is 1. The van der Waals surface area contributed by atoms with E-state index in [1.165, 1.54) is 12.1 Å². The zero-order valence-electron chi connectivity index (χ0n) is 15.2. The topological polar surface area (TPSA) is 110 Å². The van der Waals surface area contributed by atoms with Crippen molar-refractivity contribution in [2.24, 2.45) is 0 Å². The van der Waals surface area contributed by atoms with Crippen molar-refractivity contribution in [1.82, 2.24) is 9.97 Å². The molecule has 0 unspecified atom stereocenters. The van der Waals surface area contributed by atoms with Crippen molar-refractivity contribution in [3.63, 3.8) is 0 Å². The minimum absolute atomic E-state index is 0.120. The Bertz CT molecular complexity index is 1010. The Morgan fingerprint density at radius 3 is 2.67 bits per heavy atom. The molecule has 1 aromatic heterocycles. The van der Waals surface area contributed by atoms with Crippen molar-refractivity contribution < 1.29 is 9.66 Å². The summed E-state index contributed by atoms with van der Waals surface area (Å²) in [4.78, 5) is 20.8. The molecule has 8 heteroatoms. The molecule has 0 spiro atoms. The Morgan fingerprint density at radius 2 is 1.96 bits per heavy atom. The number of nitro groups is 1. The summed E-state index contributed by atoms with van der Waals surface area (Å²) in [6.07, 6.45) is 0.351. The number of nitrogen functional groups attached to an aromatic ring is 1. The molecule has 0 amide bonds. The van der Waals surface area contributed by atoms with Gasteiger partial charge in [0.15, 0.2) is 0 Å². The molecule has 27 heavy (non-hydrogen) atoms. The van der Waals surface area contributed by atoms with Crippen LogP contribution in [0.5, 0.6) is 0 Å². The van der Waals surface area contributed by atoms with E-state index in [2.05, 4.69) is 34.8 Å². The smallest absolute Gasteiger partial charge is 0.292 e. The first-order chi connectivity index (χ1) is 12.9. The van der Waals surface area contributed by atoms with Crippen LogP contribution in [0.15, 0.2) is 36.4 Å². The maximum atomic E-state index is 11.1. The minimum Gasteiger partial charge on any atom is -0.393 e. The van der Waals surface area contributed by atoms with Crippen LogP contribution in [0.1, 0.15) is 13.8 Å². The van der Waals surface area contributed by atoms with E-state index in [0.717, 1.165) is 29.8 Å². The lowest BCUT2D eigenvalue weighted by molar-refractivity contribution is -0.383. The first-order valence-electron chi connectivity index (χ1n) is 8.85. The quantitative estimate of drug-likeness (QED) is 0.417. The van der Waals surface area contributed by atoms with Gasteiger partial charge in [0.2, 0.25) is 0 Å². The second kappa shape index (κ2) is 6.55. The van der Waals surface area contributed by atoms with Gasteiger partial charge >= 0.3 is 0 Å². The molecule has 1 aliphatic heterocycles. The standard InChI is InChI=1S/C19H21N5O3/c1-11-9-23(10-12(2)27-11)14-4-6-16-17(8-14)22-19(21-16)13-3-5-15(20)18(7-13)24(25)26/h3-8,11-12H,9-10,20H2,1-2H3,(H,21,22)/t11-,12+. The predicted octanol–water partition coefficient (Wildman–Crippen LogP) is 3.33. The van der Waals surface area contributed by atoms with Crippen molar-refractivity contribution in [2.45, 2.75) is 26.1 Å². The van der Waals surface area contributed by atoms with E-state index < -0.39 is 4.92 Å². The van der Waals surface area contributed by atoms with Crippen LogP contribution in [0.4, 0.5) is 17.1 Å². The Hall–Kier alpha value is -3.13. The van der Waals surface area contributed by atoms with Crippen molar-refractivity contribution in [1.29, 1.82) is 0 Å². The zero-order chi connectivity index (χ0) is 19.1. The van der Waals surface area contributed by atoms with E-state index in [1.807, 2.05) is 12.1 Å². The number of H-pyrrole nitrogens is 1. The highest BCUT2D eigenvalue weighted by Gasteiger charge is 2.23. The molecule has 0 radical (unpaired) electrons. The fraction of sp³-hybridized carbons (Fsp3) is 0.316. The molecule has 4 rings (SSSR count). The zero-order valence-corrected chi connectivity index (χ0v) is 15.2. The molecule has 2 heterocycles. The van der Waals surface area contributed by atoms with Gasteiger partial charge in [-0.3, -0.25) is 10.1 Å². The lowest BCUT2D eigenvalue weighted by Crippen LogP contribution is -2.45. The van der Waals surface area contributed by atoms with Gasteiger partial charge in [0, 0.05) is 30.4 Å². The van der Waals surface area contributed by atoms with Gasteiger partial charge in [-0.25, -0.2) is 4.98 Å². The first kappa shape index (κ1) is 17.3. The number of fused-ring (bicyclic) bond motifs is 1. The number of nitrogens with one attached hydrogen (secondary N) is 1. The van der Waals surface area contributed by atoms with Crippen molar-refractivity contribution in [3.05, 3.63) is 46.5 Å². The van der Waals surface area contributed by atoms with E-state index in [0.29, 0.717) is 11.4 Å². The predicted molar refractivity (Wildman–Crippen MR) is 105 cm³/mol. The lowest BCUT2D eigenvalue weighted by atomic mass is 10.1. The molecule has 8 nitrogen and oxygen atoms in total. The number of aromatic amines is 1. The molecule has 2 aromatic carbocycles. The number of imidazole rings is 1. The average Bonchev–Trinajstić information content (AvgIpc) is 3.04. The number of hydrogen-bond acceptors (Lipinski definition) is 6. The van der Waals surface area contributed by atoms with Crippen molar-refractivity contribution >= 4 is 28.1 Å². The number of benzene rings is 2. The largest absolute Gasteiger partial charge is 0.393 e. The molecule has 140 valence electrons. The summed E-state index contributed by atoms with van der Waals surface area (Å²) in [6.45, 7) is 5.80. The molecule has 3 N–H and O–H groups in total. The molecule has 0 aliphatic carbocycles. The number of rotatable bonds is 3. The summed E-state index contributed by atoms with van der Waals surface area (Å²) in [7, 11) is 0. The van der Waals surface area contributed by atoms with E-state index in [-0.39, 0.29) is 23.6 Å². The number of nitrogens with zero attached hydrogens (tertiary/aromatic N) is 3. The van der Waals surface area contributed by atoms with Gasteiger partial charge in [-0.15, -0.1) is 0 Å². The number of aromatic nitrogens is 2. The van der Waals surface area contributed by atoms with Crippen LogP contribution >= 0.6 is 0 Å². The number of anilines is 2. The minimum atomic E-state index is -0.486. The van der Waals surface area contributed by atoms with Gasteiger partial charge in [-0.2, -0.15) is 0 Å². The van der Waals surface area contributed by atoms with Crippen LogP contribution < -0.4 is 10.6 Å². The van der Waals surface area contributed by atoms with Crippen LogP contribution in [0.3, 0.4) is 0 Å². The van der Waals surface area contributed by atoms with Crippen LogP contribution in [0.2, 0.25) is 0 Å². The number of ether oxygens (including phenoxy) is 1. The Labute approximate surface area is 156 Å².